The van der Waals surface area contributed by atoms with Crippen LogP contribution in [0.2, 0.25) is 0 Å². The molecule has 0 bridgehead atoms. The van der Waals surface area contributed by atoms with Crippen LogP contribution in [0.5, 0.6) is 0 Å². The van der Waals surface area contributed by atoms with E-state index >= 15 is 0 Å². The van der Waals surface area contributed by atoms with Crippen molar-refractivity contribution in [1.29, 1.82) is 0 Å². The monoisotopic (exact) mass is 393 g/mol. The smallest absolute Gasteiger partial charge is 0.270 e. The topological polar surface area (TPSA) is 65.6 Å². The molecule has 1 spiro atoms. The second-order valence-corrected chi connectivity index (χ2v) is 7.80. The highest BCUT2D eigenvalue weighted by molar-refractivity contribution is 5.92. The van der Waals surface area contributed by atoms with Gasteiger partial charge in [0.25, 0.3) is 5.91 Å². The quantitative estimate of drug-likeness (QED) is 0.866. The number of pyridine rings is 1. The van der Waals surface area contributed by atoms with E-state index in [2.05, 4.69) is 34.2 Å². The minimum absolute atomic E-state index is 0.115. The first-order chi connectivity index (χ1) is 14.1. The summed E-state index contributed by atoms with van der Waals surface area (Å²) in [5.74, 6) is -0.115. The Morgan fingerprint density at radius 2 is 1.86 bits per heavy atom. The molecule has 2 saturated heterocycles. The van der Waals surface area contributed by atoms with E-state index in [-0.39, 0.29) is 17.1 Å². The first-order valence-electron chi connectivity index (χ1n) is 10.2. The van der Waals surface area contributed by atoms with Gasteiger partial charge in [-0.2, -0.15) is 0 Å². The van der Waals surface area contributed by atoms with Crippen molar-refractivity contribution in [2.75, 3.05) is 39.3 Å². The molecule has 0 unspecified atom stereocenters. The van der Waals surface area contributed by atoms with Gasteiger partial charge < -0.3 is 14.6 Å². The number of carbonyl (C=O) groups excluding carboxylic acids is 1. The molecule has 2 fully saturated rings. The van der Waals surface area contributed by atoms with Gasteiger partial charge in [0.1, 0.15) is 5.69 Å². The predicted molar refractivity (Wildman–Crippen MR) is 113 cm³/mol. The Morgan fingerprint density at radius 3 is 2.62 bits per heavy atom. The molecule has 6 nitrogen and oxygen atoms in total. The zero-order chi connectivity index (χ0) is 20.1. The summed E-state index contributed by atoms with van der Waals surface area (Å²) >= 11 is 0. The number of hydrogen-bond donors (Lipinski definition) is 1. The van der Waals surface area contributed by atoms with E-state index in [9.17, 15) is 9.59 Å². The van der Waals surface area contributed by atoms with Crippen molar-refractivity contribution in [3.63, 3.8) is 0 Å². The molecule has 1 amide bonds. The van der Waals surface area contributed by atoms with E-state index in [0.717, 1.165) is 39.1 Å². The minimum atomic E-state index is -0.251. The maximum Gasteiger partial charge on any atom is 0.270 e. The van der Waals surface area contributed by atoms with E-state index in [1.165, 1.54) is 11.6 Å². The van der Waals surface area contributed by atoms with Crippen LogP contribution in [0.25, 0.3) is 6.08 Å². The van der Waals surface area contributed by atoms with Gasteiger partial charge in [0.2, 0.25) is 5.56 Å². The van der Waals surface area contributed by atoms with E-state index < -0.39 is 0 Å². The van der Waals surface area contributed by atoms with Gasteiger partial charge in [-0.1, -0.05) is 48.6 Å². The van der Waals surface area contributed by atoms with Crippen LogP contribution in [0.1, 0.15) is 28.9 Å². The highest BCUT2D eigenvalue weighted by Gasteiger charge is 2.40. The number of nitrogens with one attached hydrogen (secondary N) is 1. The first kappa shape index (κ1) is 19.6. The van der Waals surface area contributed by atoms with Crippen molar-refractivity contribution in [2.24, 2.45) is 0 Å². The van der Waals surface area contributed by atoms with Crippen molar-refractivity contribution < 1.29 is 9.53 Å². The van der Waals surface area contributed by atoms with Gasteiger partial charge >= 0.3 is 0 Å². The Labute approximate surface area is 170 Å². The van der Waals surface area contributed by atoms with Crippen molar-refractivity contribution in [2.45, 2.75) is 18.4 Å². The van der Waals surface area contributed by atoms with E-state index in [4.69, 9.17) is 4.74 Å². The van der Waals surface area contributed by atoms with E-state index in [1.54, 1.807) is 12.1 Å². The summed E-state index contributed by atoms with van der Waals surface area (Å²) < 4.78 is 6.19. The maximum absolute atomic E-state index is 12.7. The number of amides is 1. The van der Waals surface area contributed by atoms with Crippen molar-refractivity contribution >= 4 is 12.0 Å². The summed E-state index contributed by atoms with van der Waals surface area (Å²) in [5, 5.41) is 0. The van der Waals surface area contributed by atoms with Crippen LogP contribution in [0.15, 0.2) is 59.4 Å². The Morgan fingerprint density at radius 1 is 1.07 bits per heavy atom. The highest BCUT2D eigenvalue weighted by atomic mass is 16.5. The number of H-pyrrole nitrogens is 1. The Bertz CT molecular complexity index is 914. The lowest BCUT2D eigenvalue weighted by molar-refractivity contribution is -0.130. The van der Waals surface area contributed by atoms with Crippen LogP contribution in [-0.2, 0) is 4.74 Å². The molecule has 0 radical (unpaired) electrons. The van der Waals surface area contributed by atoms with Crippen LogP contribution < -0.4 is 5.56 Å². The zero-order valence-corrected chi connectivity index (χ0v) is 16.5. The molecule has 6 heteroatoms. The zero-order valence-electron chi connectivity index (χ0n) is 16.5. The average Bonchev–Trinajstić information content (AvgIpc) is 2.75. The first-order valence-corrected chi connectivity index (χ1v) is 10.2. The molecule has 3 heterocycles. The lowest BCUT2D eigenvalue weighted by Crippen LogP contribution is -2.57. The molecule has 1 aromatic carbocycles. The van der Waals surface area contributed by atoms with Crippen molar-refractivity contribution in [1.82, 2.24) is 14.8 Å². The molecule has 2 aliphatic rings. The normalized spacial score (nSPS) is 19.7. The summed E-state index contributed by atoms with van der Waals surface area (Å²) in [6.07, 6.45) is 5.99. The standard InChI is InChI=1S/C23H27N3O3/c27-21-10-4-9-20(24-21)22(28)26-14-11-23(12-15-26)18-25(16-17-29-23)13-5-8-19-6-2-1-3-7-19/h1-10H,11-18H2,(H,24,27)/b8-5+. The predicted octanol–water partition coefficient (Wildman–Crippen LogP) is 2.40. The summed E-state index contributed by atoms with van der Waals surface area (Å²) in [6.45, 7) is 4.71. The summed E-state index contributed by atoms with van der Waals surface area (Å²) in [5.41, 5.74) is 1.13. The third-order valence-corrected chi connectivity index (χ3v) is 5.76. The Balaban J connectivity index is 1.32. The molecule has 0 aliphatic carbocycles. The number of aromatic nitrogens is 1. The Hall–Kier alpha value is -2.70. The molecule has 2 aromatic rings. The van der Waals surface area contributed by atoms with Crippen LogP contribution >= 0.6 is 0 Å². The van der Waals surface area contributed by atoms with Crippen LogP contribution in [0.3, 0.4) is 0 Å². The number of morpholine rings is 1. The van der Waals surface area contributed by atoms with Gasteiger partial charge in [-0.3, -0.25) is 14.5 Å². The van der Waals surface area contributed by atoms with Gasteiger partial charge in [-0.25, -0.2) is 0 Å². The largest absolute Gasteiger partial charge is 0.372 e. The van der Waals surface area contributed by atoms with E-state index in [1.807, 2.05) is 23.1 Å². The molecular formula is C23H27N3O3. The SMILES string of the molecule is O=C(c1cccc(=O)[nH]1)N1CCC2(CC1)CN(C/C=C/c1ccccc1)CCO2. The van der Waals surface area contributed by atoms with E-state index in [0.29, 0.717) is 18.8 Å². The van der Waals surface area contributed by atoms with Crippen LogP contribution in [-0.4, -0.2) is 65.6 Å². The number of ether oxygens (including phenoxy) is 1. The van der Waals surface area contributed by atoms with Crippen LogP contribution in [0.4, 0.5) is 0 Å². The third-order valence-electron chi connectivity index (χ3n) is 5.76. The van der Waals surface area contributed by atoms with Gasteiger partial charge in [-0.05, 0) is 24.5 Å². The molecule has 4 rings (SSSR count). The molecule has 29 heavy (non-hydrogen) atoms. The van der Waals surface area contributed by atoms with Gasteiger partial charge in [-0.15, -0.1) is 0 Å². The van der Waals surface area contributed by atoms with Gasteiger partial charge in [0, 0.05) is 38.8 Å². The lowest BCUT2D eigenvalue weighted by atomic mass is 9.89. The highest BCUT2D eigenvalue weighted by Crippen LogP contribution is 2.30. The second kappa shape index (κ2) is 8.76. The minimum Gasteiger partial charge on any atom is -0.372 e. The number of rotatable bonds is 4. The van der Waals surface area contributed by atoms with Gasteiger partial charge in [0.05, 0.1) is 12.2 Å². The number of hydrogen-bond acceptors (Lipinski definition) is 4. The average molecular weight is 393 g/mol. The third kappa shape index (κ3) is 4.83. The second-order valence-electron chi connectivity index (χ2n) is 7.80. The summed E-state index contributed by atoms with van der Waals surface area (Å²) in [4.78, 5) is 31.0. The van der Waals surface area contributed by atoms with Crippen molar-refractivity contribution in [3.8, 4) is 0 Å². The lowest BCUT2D eigenvalue weighted by Gasteiger charge is -2.47. The number of benzene rings is 1. The molecule has 2 aliphatic heterocycles. The fourth-order valence-electron chi connectivity index (χ4n) is 4.14. The number of nitrogens with zero attached hydrogens (tertiary/aromatic N) is 2. The summed E-state index contributed by atoms with van der Waals surface area (Å²) in [7, 11) is 0. The van der Waals surface area contributed by atoms with Crippen molar-refractivity contribution in [3.05, 3.63) is 76.2 Å². The van der Waals surface area contributed by atoms with Crippen LogP contribution in [0, 0.1) is 0 Å². The fraction of sp³-hybridized carbons (Fsp3) is 0.391. The fourth-order valence-corrected chi connectivity index (χ4v) is 4.14. The molecular weight excluding hydrogens is 366 g/mol. The number of aromatic amines is 1. The molecule has 1 N–H and O–H groups in total. The number of piperidine rings is 1. The molecule has 0 atom stereocenters. The molecule has 1 aromatic heterocycles. The van der Waals surface area contributed by atoms with Gasteiger partial charge in [0.15, 0.2) is 0 Å². The number of likely N-dealkylation sites (tertiary alicyclic amines) is 1. The molecule has 152 valence electrons. The number of carbonyl (C=O) groups is 1. The summed E-state index contributed by atoms with van der Waals surface area (Å²) in [6, 6.07) is 15.0. The molecule has 0 saturated carbocycles. The maximum atomic E-state index is 12.7. The Kier molecular flexibility index (Phi) is 5.92.